The van der Waals surface area contributed by atoms with Gasteiger partial charge in [-0.25, -0.2) is 4.79 Å². The number of nitrogens with one attached hydrogen (secondary N) is 2. The Morgan fingerprint density at radius 3 is 2.06 bits per heavy atom. The Kier molecular flexibility index (Phi) is 7.51. The number of amides is 2. The van der Waals surface area contributed by atoms with E-state index < -0.39 is 30.4 Å². The zero-order chi connectivity index (χ0) is 23.3. The molecular formula is C25H30N2O5. The third-order valence-corrected chi connectivity index (χ3v) is 6.07. The number of aliphatic carboxylic acids is 1. The smallest absolute Gasteiger partial charge is 0.407 e. The number of hydrogen-bond donors (Lipinski definition) is 3. The van der Waals surface area contributed by atoms with Gasteiger partial charge >= 0.3 is 12.1 Å². The molecule has 0 heterocycles. The summed E-state index contributed by atoms with van der Waals surface area (Å²) in [5, 5.41) is 14.3. The molecule has 7 nitrogen and oxygen atoms in total. The van der Waals surface area contributed by atoms with Gasteiger partial charge in [-0.05, 0) is 34.1 Å². The van der Waals surface area contributed by atoms with E-state index in [4.69, 9.17) is 9.84 Å². The molecule has 3 N–H and O–H groups in total. The minimum atomic E-state index is -1.21. The van der Waals surface area contributed by atoms with E-state index in [2.05, 4.69) is 10.6 Å². The third kappa shape index (κ3) is 5.46. The summed E-state index contributed by atoms with van der Waals surface area (Å²) in [5.41, 5.74) is 4.37. The quantitative estimate of drug-likeness (QED) is 0.553. The number of rotatable bonds is 9. The molecule has 1 aliphatic rings. The van der Waals surface area contributed by atoms with Crippen LogP contribution in [0.5, 0.6) is 0 Å². The molecule has 32 heavy (non-hydrogen) atoms. The van der Waals surface area contributed by atoms with Crippen LogP contribution in [0.3, 0.4) is 0 Å². The van der Waals surface area contributed by atoms with Crippen molar-refractivity contribution in [2.75, 3.05) is 13.2 Å². The highest BCUT2D eigenvalue weighted by atomic mass is 16.5. The van der Waals surface area contributed by atoms with Crippen molar-refractivity contribution >= 4 is 18.0 Å². The first-order chi connectivity index (χ1) is 15.3. The molecule has 170 valence electrons. The zero-order valence-corrected chi connectivity index (χ0v) is 18.6. The Labute approximate surface area is 188 Å². The van der Waals surface area contributed by atoms with Gasteiger partial charge < -0.3 is 20.5 Å². The Morgan fingerprint density at radius 1 is 0.969 bits per heavy atom. The van der Waals surface area contributed by atoms with Crippen molar-refractivity contribution in [3.05, 3.63) is 59.7 Å². The van der Waals surface area contributed by atoms with Crippen molar-refractivity contribution in [3.63, 3.8) is 0 Å². The molecule has 0 fully saturated rings. The fourth-order valence-electron chi connectivity index (χ4n) is 3.79. The number of fused-ring (bicyclic) bond motifs is 3. The molecule has 2 aromatic carbocycles. The highest BCUT2D eigenvalue weighted by molar-refractivity contribution is 5.89. The lowest BCUT2D eigenvalue weighted by molar-refractivity contribution is -0.139. The highest BCUT2D eigenvalue weighted by Crippen LogP contribution is 2.44. The Balaban J connectivity index is 1.63. The minimum Gasteiger partial charge on any atom is -0.481 e. The first-order valence-corrected chi connectivity index (χ1v) is 10.9. The second kappa shape index (κ2) is 10.3. The monoisotopic (exact) mass is 438 g/mol. The molecule has 1 aliphatic carbocycles. The molecule has 0 saturated carbocycles. The molecule has 0 saturated heterocycles. The third-order valence-electron chi connectivity index (χ3n) is 6.07. The molecule has 0 spiro atoms. The summed E-state index contributed by atoms with van der Waals surface area (Å²) in [6.45, 7) is 6.57. The van der Waals surface area contributed by atoms with Gasteiger partial charge in [0.25, 0.3) is 0 Å². The largest absolute Gasteiger partial charge is 0.481 e. The first-order valence-electron chi connectivity index (χ1n) is 10.9. The van der Waals surface area contributed by atoms with E-state index in [0.717, 1.165) is 22.3 Å². The van der Waals surface area contributed by atoms with Crippen molar-refractivity contribution in [2.24, 2.45) is 11.8 Å². The van der Waals surface area contributed by atoms with E-state index in [1.807, 2.05) is 69.3 Å². The summed E-state index contributed by atoms with van der Waals surface area (Å²) in [6, 6.07) is 14.7. The molecule has 2 amide bonds. The molecule has 0 bridgehead atoms. The van der Waals surface area contributed by atoms with Crippen LogP contribution in [-0.2, 0) is 14.3 Å². The lowest BCUT2D eigenvalue weighted by atomic mass is 9.98. The van der Waals surface area contributed by atoms with Gasteiger partial charge in [0, 0.05) is 12.5 Å². The Hall–Kier alpha value is -3.35. The standard InChI is InChI=1S/C25H30N2O5/c1-15(2)16(3)13-26-24(30)22(12-23(28)29)27-25(31)32-14-21-19-10-6-4-8-17(19)18-9-5-7-11-20(18)21/h4-11,15-16,21-22H,12-14H2,1-3H3,(H,26,30)(H,27,31)(H,28,29). The number of carboxylic acid groups (broad SMARTS) is 1. The molecule has 2 atom stereocenters. The Bertz CT molecular complexity index is 942. The van der Waals surface area contributed by atoms with Crippen LogP contribution in [0.4, 0.5) is 4.79 Å². The predicted octanol–water partition coefficient (Wildman–Crippen LogP) is 3.78. The van der Waals surface area contributed by atoms with Gasteiger partial charge in [-0.3, -0.25) is 9.59 Å². The fraction of sp³-hybridized carbons (Fsp3) is 0.400. The number of carbonyl (C=O) groups is 3. The van der Waals surface area contributed by atoms with Gasteiger partial charge in [-0.15, -0.1) is 0 Å². The van der Waals surface area contributed by atoms with Crippen LogP contribution in [0.2, 0.25) is 0 Å². The van der Waals surface area contributed by atoms with Gasteiger partial charge in [0.2, 0.25) is 5.91 Å². The van der Waals surface area contributed by atoms with Gasteiger partial charge in [-0.1, -0.05) is 69.3 Å². The highest BCUT2D eigenvalue weighted by Gasteiger charge is 2.30. The van der Waals surface area contributed by atoms with Crippen LogP contribution in [0.25, 0.3) is 11.1 Å². The molecular weight excluding hydrogens is 408 g/mol. The van der Waals surface area contributed by atoms with Crippen LogP contribution >= 0.6 is 0 Å². The van der Waals surface area contributed by atoms with Crippen molar-refractivity contribution in [3.8, 4) is 11.1 Å². The van der Waals surface area contributed by atoms with Crippen molar-refractivity contribution in [1.82, 2.24) is 10.6 Å². The second-order valence-electron chi connectivity index (χ2n) is 8.59. The SMILES string of the molecule is CC(C)C(C)CNC(=O)C(CC(=O)O)NC(=O)OCC1c2ccccc2-c2ccccc21. The maximum atomic E-state index is 12.5. The van der Waals surface area contributed by atoms with Crippen molar-refractivity contribution in [2.45, 2.75) is 39.2 Å². The number of carbonyl (C=O) groups excluding carboxylic acids is 2. The van der Waals surface area contributed by atoms with Crippen LogP contribution in [0, 0.1) is 11.8 Å². The molecule has 0 aromatic heterocycles. The maximum absolute atomic E-state index is 12.5. The number of alkyl carbamates (subject to hydrolysis) is 1. The van der Waals surface area contributed by atoms with Crippen LogP contribution in [0.1, 0.15) is 44.2 Å². The molecule has 7 heteroatoms. The summed E-state index contributed by atoms with van der Waals surface area (Å²) >= 11 is 0. The number of benzene rings is 2. The van der Waals surface area contributed by atoms with E-state index in [1.165, 1.54) is 0 Å². The molecule has 0 aliphatic heterocycles. The van der Waals surface area contributed by atoms with E-state index in [1.54, 1.807) is 0 Å². The molecule has 2 unspecified atom stereocenters. The van der Waals surface area contributed by atoms with E-state index >= 15 is 0 Å². The lowest BCUT2D eigenvalue weighted by Crippen LogP contribution is -2.49. The van der Waals surface area contributed by atoms with Gasteiger partial charge in [0.15, 0.2) is 0 Å². The summed E-state index contributed by atoms with van der Waals surface area (Å²) in [6.07, 6.45) is -1.34. The average molecular weight is 439 g/mol. The molecule has 0 radical (unpaired) electrons. The second-order valence-corrected chi connectivity index (χ2v) is 8.59. The molecule has 3 rings (SSSR count). The lowest BCUT2D eigenvalue weighted by Gasteiger charge is -2.21. The number of carboxylic acids is 1. The average Bonchev–Trinajstić information content (AvgIpc) is 3.08. The number of hydrogen-bond acceptors (Lipinski definition) is 4. The number of ether oxygens (including phenoxy) is 1. The summed E-state index contributed by atoms with van der Waals surface area (Å²) in [4.78, 5) is 36.2. The van der Waals surface area contributed by atoms with E-state index in [-0.39, 0.29) is 18.4 Å². The topological polar surface area (TPSA) is 105 Å². The van der Waals surface area contributed by atoms with E-state index in [0.29, 0.717) is 12.5 Å². The van der Waals surface area contributed by atoms with Gasteiger partial charge in [-0.2, -0.15) is 0 Å². The molecule has 2 aromatic rings. The van der Waals surface area contributed by atoms with Crippen LogP contribution in [0.15, 0.2) is 48.5 Å². The summed E-state index contributed by atoms with van der Waals surface area (Å²) < 4.78 is 5.44. The Morgan fingerprint density at radius 2 is 1.53 bits per heavy atom. The van der Waals surface area contributed by atoms with E-state index in [9.17, 15) is 14.4 Å². The normalized spacial score (nSPS) is 14.2. The van der Waals surface area contributed by atoms with Crippen molar-refractivity contribution < 1.29 is 24.2 Å². The maximum Gasteiger partial charge on any atom is 0.407 e. The van der Waals surface area contributed by atoms with Gasteiger partial charge in [0.05, 0.1) is 6.42 Å². The zero-order valence-electron chi connectivity index (χ0n) is 18.6. The van der Waals surface area contributed by atoms with Crippen LogP contribution in [-0.4, -0.2) is 42.3 Å². The van der Waals surface area contributed by atoms with Crippen LogP contribution < -0.4 is 10.6 Å². The first kappa shape index (κ1) is 23.3. The summed E-state index contributed by atoms with van der Waals surface area (Å²) in [7, 11) is 0. The van der Waals surface area contributed by atoms with Gasteiger partial charge in [0.1, 0.15) is 12.6 Å². The van der Waals surface area contributed by atoms with Crippen molar-refractivity contribution in [1.29, 1.82) is 0 Å². The predicted molar refractivity (Wildman–Crippen MR) is 121 cm³/mol. The minimum absolute atomic E-state index is 0.0889. The fourth-order valence-corrected chi connectivity index (χ4v) is 3.79. The summed E-state index contributed by atoms with van der Waals surface area (Å²) in [5.74, 6) is -1.25.